The lowest BCUT2D eigenvalue weighted by molar-refractivity contribution is 0.260. The summed E-state index contributed by atoms with van der Waals surface area (Å²) in [6, 6.07) is 3.89. The van der Waals surface area contributed by atoms with Crippen LogP contribution in [0.3, 0.4) is 0 Å². The van der Waals surface area contributed by atoms with Gasteiger partial charge in [0, 0.05) is 6.54 Å². The maximum atomic E-state index is 13.0. The van der Waals surface area contributed by atoms with E-state index in [-0.39, 0.29) is 11.4 Å². The molecule has 0 atom stereocenters. The molecule has 0 heterocycles. The van der Waals surface area contributed by atoms with Gasteiger partial charge in [0.25, 0.3) is 0 Å². The van der Waals surface area contributed by atoms with Crippen LogP contribution in [0.4, 0.5) is 4.39 Å². The Kier molecular flexibility index (Phi) is 4.71. The molecule has 1 aromatic carbocycles. The number of rotatable bonds is 5. The van der Waals surface area contributed by atoms with E-state index in [1.54, 1.807) is 0 Å². The van der Waals surface area contributed by atoms with Gasteiger partial charge in [-0.1, -0.05) is 5.16 Å². The molecule has 3 N–H and O–H groups in total. The first-order valence-electron chi connectivity index (χ1n) is 5.09. The number of benzene rings is 1. The predicted octanol–water partition coefficient (Wildman–Crippen LogP) is 0.861. The van der Waals surface area contributed by atoms with Crippen molar-refractivity contribution in [3.8, 4) is 5.75 Å². The smallest absolute Gasteiger partial charge is 0.173 e. The Morgan fingerprint density at radius 3 is 2.82 bits per heavy atom. The van der Waals surface area contributed by atoms with Crippen LogP contribution in [0.1, 0.15) is 5.56 Å². The van der Waals surface area contributed by atoms with Crippen LogP contribution in [0.5, 0.6) is 5.75 Å². The van der Waals surface area contributed by atoms with Gasteiger partial charge in [0.1, 0.15) is 18.2 Å². The molecule has 0 fully saturated rings. The minimum Gasteiger partial charge on any atom is -0.491 e. The molecule has 0 bridgehead atoms. The molecule has 0 saturated carbocycles. The van der Waals surface area contributed by atoms with Crippen molar-refractivity contribution in [3.63, 3.8) is 0 Å². The summed E-state index contributed by atoms with van der Waals surface area (Å²) < 4.78 is 18.5. The second-order valence-electron chi connectivity index (χ2n) is 3.78. The van der Waals surface area contributed by atoms with Crippen molar-refractivity contribution < 1.29 is 14.3 Å². The highest BCUT2D eigenvalue weighted by Crippen LogP contribution is 2.19. The van der Waals surface area contributed by atoms with Crippen LogP contribution in [0, 0.1) is 5.82 Å². The maximum absolute atomic E-state index is 13.0. The van der Waals surface area contributed by atoms with Gasteiger partial charge in [-0.2, -0.15) is 0 Å². The third-order valence-corrected chi connectivity index (χ3v) is 2.12. The molecule has 0 spiro atoms. The molecule has 0 aliphatic carbocycles. The molecule has 6 heteroatoms. The minimum atomic E-state index is -0.466. The van der Waals surface area contributed by atoms with E-state index in [0.29, 0.717) is 18.9 Å². The molecule has 5 nitrogen and oxygen atoms in total. The molecule has 1 rings (SSSR count). The van der Waals surface area contributed by atoms with Gasteiger partial charge in [0.05, 0.1) is 5.56 Å². The number of amidine groups is 1. The lowest BCUT2D eigenvalue weighted by Gasteiger charge is -2.13. The molecule has 94 valence electrons. The second-order valence-corrected chi connectivity index (χ2v) is 3.78. The number of ether oxygens (including phenoxy) is 1. The average Bonchev–Trinajstić information content (AvgIpc) is 2.29. The number of hydrogen-bond acceptors (Lipinski definition) is 4. The zero-order chi connectivity index (χ0) is 12.8. The van der Waals surface area contributed by atoms with Crippen molar-refractivity contribution in [2.75, 3.05) is 27.2 Å². The molecule has 0 amide bonds. The predicted molar refractivity (Wildman–Crippen MR) is 63.0 cm³/mol. The number of nitrogens with two attached hydrogens (primary N) is 1. The Hall–Kier alpha value is -1.82. The van der Waals surface area contributed by atoms with Crippen LogP contribution in [0.25, 0.3) is 0 Å². The third-order valence-electron chi connectivity index (χ3n) is 2.12. The van der Waals surface area contributed by atoms with Crippen molar-refractivity contribution in [2.45, 2.75) is 0 Å². The van der Waals surface area contributed by atoms with Crippen molar-refractivity contribution in [1.82, 2.24) is 4.90 Å². The Balaban J connectivity index is 2.83. The Morgan fingerprint density at radius 1 is 1.53 bits per heavy atom. The van der Waals surface area contributed by atoms with Crippen LogP contribution in [-0.4, -0.2) is 43.2 Å². The summed E-state index contributed by atoms with van der Waals surface area (Å²) in [5.74, 6) is -0.250. The second kappa shape index (κ2) is 6.05. The average molecular weight is 241 g/mol. The molecular formula is C11H16FN3O2. The monoisotopic (exact) mass is 241 g/mol. The summed E-state index contributed by atoms with van der Waals surface area (Å²) in [4.78, 5) is 1.95. The van der Waals surface area contributed by atoms with Gasteiger partial charge < -0.3 is 20.6 Å². The summed E-state index contributed by atoms with van der Waals surface area (Å²) >= 11 is 0. The fourth-order valence-corrected chi connectivity index (χ4v) is 1.22. The normalized spacial score (nSPS) is 11.9. The van der Waals surface area contributed by atoms with Crippen LogP contribution >= 0.6 is 0 Å². The number of oxime groups is 1. The summed E-state index contributed by atoms with van der Waals surface area (Å²) in [6.45, 7) is 1.15. The lowest BCUT2D eigenvalue weighted by atomic mass is 10.2. The van der Waals surface area contributed by atoms with Gasteiger partial charge >= 0.3 is 0 Å². The molecule has 1 aromatic rings. The van der Waals surface area contributed by atoms with Crippen LogP contribution in [0.2, 0.25) is 0 Å². The molecule has 0 radical (unpaired) electrons. The topological polar surface area (TPSA) is 71.1 Å². The first kappa shape index (κ1) is 13.2. The molecule has 17 heavy (non-hydrogen) atoms. The van der Waals surface area contributed by atoms with E-state index in [4.69, 9.17) is 15.7 Å². The van der Waals surface area contributed by atoms with E-state index >= 15 is 0 Å². The van der Waals surface area contributed by atoms with Crippen molar-refractivity contribution in [2.24, 2.45) is 10.9 Å². The molecule has 0 unspecified atom stereocenters. The van der Waals surface area contributed by atoms with Gasteiger partial charge in [0.15, 0.2) is 5.84 Å². The van der Waals surface area contributed by atoms with Crippen molar-refractivity contribution >= 4 is 5.84 Å². The first-order valence-corrected chi connectivity index (χ1v) is 5.09. The summed E-state index contributed by atoms with van der Waals surface area (Å²) in [5.41, 5.74) is 5.68. The molecule has 0 aliphatic heterocycles. The quantitative estimate of drug-likeness (QED) is 0.347. The Bertz CT molecular complexity index is 408. The molecule has 0 aromatic heterocycles. The molecule has 0 saturated heterocycles. The lowest BCUT2D eigenvalue weighted by Crippen LogP contribution is -2.21. The highest BCUT2D eigenvalue weighted by atomic mass is 19.1. The van der Waals surface area contributed by atoms with Gasteiger partial charge in [-0.05, 0) is 32.3 Å². The zero-order valence-electron chi connectivity index (χ0n) is 9.85. The van der Waals surface area contributed by atoms with Crippen LogP contribution < -0.4 is 10.5 Å². The Morgan fingerprint density at radius 2 is 2.24 bits per heavy atom. The highest BCUT2D eigenvalue weighted by Gasteiger charge is 2.09. The third kappa shape index (κ3) is 3.92. The maximum Gasteiger partial charge on any atom is 0.173 e. The van der Waals surface area contributed by atoms with E-state index in [2.05, 4.69) is 5.16 Å². The largest absolute Gasteiger partial charge is 0.491 e. The SMILES string of the molecule is CN(C)CCOc1ccc(F)cc1C(N)=NO. The highest BCUT2D eigenvalue weighted by molar-refractivity contribution is 5.99. The summed E-state index contributed by atoms with van der Waals surface area (Å²) in [7, 11) is 3.83. The number of likely N-dealkylation sites (N-methyl/N-ethyl adjacent to an activating group) is 1. The van der Waals surface area contributed by atoms with Gasteiger partial charge in [0.2, 0.25) is 0 Å². The number of hydrogen-bond donors (Lipinski definition) is 2. The minimum absolute atomic E-state index is 0.177. The van der Waals surface area contributed by atoms with Crippen molar-refractivity contribution in [1.29, 1.82) is 0 Å². The summed E-state index contributed by atoms with van der Waals surface area (Å²) in [5, 5.41) is 11.4. The van der Waals surface area contributed by atoms with Crippen LogP contribution in [-0.2, 0) is 0 Å². The zero-order valence-corrected chi connectivity index (χ0v) is 9.85. The van der Waals surface area contributed by atoms with Crippen molar-refractivity contribution in [3.05, 3.63) is 29.6 Å². The van der Waals surface area contributed by atoms with Crippen LogP contribution in [0.15, 0.2) is 23.4 Å². The van der Waals surface area contributed by atoms with Gasteiger partial charge in [-0.3, -0.25) is 0 Å². The first-order chi connectivity index (χ1) is 8.04. The van der Waals surface area contributed by atoms with E-state index in [1.807, 2.05) is 19.0 Å². The number of nitrogens with zero attached hydrogens (tertiary/aromatic N) is 2. The Labute approximate surface area is 99.3 Å². The molecule has 0 aliphatic rings. The van der Waals surface area contributed by atoms with E-state index in [1.165, 1.54) is 18.2 Å². The standard InChI is InChI=1S/C11H16FN3O2/c1-15(2)5-6-17-10-4-3-8(12)7-9(10)11(13)14-16/h3-4,7,16H,5-6H2,1-2H3,(H2,13,14). The number of halogens is 1. The van der Waals surface area contributed by atoms with Gasteiger partial charge in [-0.25, -0.2) is 4.39 Å². The molecular weight excluding hydrogens is 225 g/mol. The summed E-state index contributed by atoms with van der Waals surface area (Å²) in [6.07, 6.45) is 0. The fraction of sp³-hybridized carbons (Fsp3) is 0.364. The van der Waals surface area contributed by atoms with E-state index < -0.39 is 5.82 Å². The van der Waals surface area contributed by atoms with E-state index in [0.717, 1.165) is 0 Å². The van der Waals surface area contributed by atoms with E-state index in [9.17, 15) is 4.39 Å². The van der Waals surface area contributed by atoms with Gasteiger partial charge in [-0.15, -0.1) is 0 Å². The fourth-order valence-electron chi connectivity index (χ4n) is 1.22.